The highest BCUT2D eigenvalue weighted by atomic mass is 19.1. The van der Waals surface area contributed by atoms with Crippen molar-refractivity contribution in [3.63, 3.8) is 0 Å². The van der Waals surface area contributed by atoms with Gasteiger partial charge in [-0.2, -0.15) is 4.39 Å². The van der Waals surface area contributed by atoms with Gasteiger partial charge in [-0.25, -0.2) is 4.79 Å². The second-order valence-corrected chi connectivity index (χ2v) is 12.1. The number of amides is 2. The zero-order valence-corrected chi connectivity index (χ0v) is 27.0. The van der Waals surface area contributed by atoms with Crippen molar-refractivity contribution in [2.24, 2.45) is 0 Å². The van der Waals surface area contributed by atoms with E-state index in [0.717, 1.165) is 34.3 Å². The normalized spacial score (nSPS) is 12.1. The summed E-state index contributed by atoms with van der Waals surface area (Å²) in [6, 6.07) is 23.6. The zero-order valence-electron chi connectivity index (χ0n) is 27.0. The lowest BCUT2D eigenvalue weighted by molar-refractivity contribution is -0.128. The molecule has 0 saturated carbocycles. The third-order valence-electron chi connectivity index (χ3n) is 7.32. The van der Waals surface area contributed by atoms with Crippen LogP contribution >= 0.6 is 0 Å². The molecule has 0 unspecified atom stereocenters. The first-order valence-corrected chi connectivity index (χ1v) is 15.3. The Kier molecular flexibility index (Phi) is 11.0. The first kappa shape index (κ1) is 33.2. The molecule has 0 saturated heterocycles. The van der Waals surface area contributed by atoms with Crippen molar-refractivity contribution in [2.75, 3.05) is 33.8 Å². The fourth-order valence-corrected chi connectivity index (χ4v) is 5.07. The van der Waals surface area contributed by atoms with Crippen LogP contribution in [0.1, 0.15) is 63.6 Å². The van der Waals surface area contributed by atoms with Gasteiger partial charge in [0.1, 0.15) is 18.0 Å². The summed E-state index contributed by atoms with van der Waals surface area (Å²) in [5.41, 5.74) is 5.08. The van der Waals surface area contributed by atoms with E-state index in [4.69, 9.17) is 9.47 Å². The van der Waals surface area contributed by atoms with Crippen molar-refractivity contribution in [1.82, 2.24) is 20.0 Å². The molecule has 1 N–H and O–H groups in total. The van der Waals surface area contributed by atoms with E-state index in [2.05, 4.69) is 29.3 Å². The Labute approximate surface area is 264 Å². The van der Waals surface area contributed by atoms with E-state index in [1.54, 1.807) is 23.9 Å². The van der Waals surface area contributed by atoms with Gasteiger partial charge < -0.3 is 19.3 Å². The number of fused-ring (bicyclic) bond motifs is 1. The van der Waals surface area contributed by atoms with Crippen LogP contribution in [0.4, 0.5) is 9.18 Å². The lowest BCUT2D eigenvalue weighted by Crippen LogP contribution is -2.40. The van der Waals surface area contributed by atoms with Gasteiger partial charge >= 0.3 is 6.09 Å². The average Bonchev–Trinajstić information content (AvgIpc) is 3.38. The van der Waals surface area contributed by atoms with Gasteiger partial charge in [-0.3, -0.25) is 9.89 Å². The molecule has 45 heavy (non-hydrogen) atoms. The first-order chi connectivity index (χ1) is 21.5. The molecule has 0 aliphatic rings. The number of nitrogens with zero attached hydrogens (tertiary/aromatic N) is 3. The van der Waals surface area contributed by atoms with Crippen LogP contribution in [-0.2, 0) is 9.53 Å². The van der Waals surface area contributed by atoms with Crippen LogP contribution in [0, 0.1) is 5.95 Å². The second kappa shape index (κ2) is 14.9. The number of aromatic nitrogens is 2. The van der Waals surface area contributed by atoms with E-state index in [1.165, 1.54) is 0 Å². The maximum atomic E-state index is 14.5. The topological polar surface area (TPSA) is 87.8 Å². The van der Waals surface area contributed by atoms with Gasteiger partial charge in [-0.15, -0.1) is 5.10 Å². The Morgan fingerprint density at radius 3 is 2.24 bits per heavy atom. The van der Waals surface area contributed by atoms with E-state index in [9.17, 15) is 14.0 Å². The number of carbonyl (C=O) groups excluding carboxylic acids is 2. The largest absolute Gasteiger partial charge is 0.492 e. The molecule has 0 radical (unpaired) electrons. The van der Waals surface area contributed by atoms with Gasteiger partial charge in [-0.05, 0) is 85.7 Å². The fourth-order valence-electron chi connectivity index (χ4n) is 5.07. The molecular weight excluding hydrogens is 571 g/mol. The predicted octanol–water partition coefficient (Wildman–Crippen LogP) is 7.56. The van der Waals surface area contributed by atoms with Crippen LogP contribution in [0.25, 0.3) is 22.0 Å². The van der Waals surface area contributed by atoms with E-state index in [0.29, 0.717) is 42.6 Å². The molecule has 3 aromatic carbocycles. The summed E-state index contributed by atoms with van der Waals surface area (Å²) >= 11 is 0. The Morgan fingerprint density at radius 1 is 0.911 bits per heavy atom. The van der Waals surface area contributed by atoms with E-state index >= 15 is 0 Å². The van der Waals surface area contributed by atoms with Gasteiger partial charge in [0.05, 0.1) is 17.4 Å². The summed E-state index contributed by atoms with van der Waals surface area (Å²) in [6.07, 6.45) is 1.19. The first-order valence-electron chi connectivity index (χ1n) is 15.3. The predicted molar refractivity (Wildman–Crippen MR) is 176 cm³/mol. The molecule has 8 nitrogen and oxygen atoms in total. The van der Waals surface area contributed by atoms with Crippen LogP contribution in [0.3, 0.4) is 0 Å². The number of aromatic amines is 1. The third kappa shape index (κ3) is 8.94. The molecule has 0 fully saturated rings. The SMILES string of the molecule is CC/C(=C(/c1ccc(OCCN(CCCC(=O)N(C)C)C(=O)OC(C)(C)C)cc1)c1ccc2[nH]nc(F)c2c1)c1ccccc1. The maximum absolute atomic E-state index is 14.5. The summed E-state index contributed by atoms with van der Waals surface area (Å²) in [5, 5.41) is 6.90. The van der Waals surface area contributed by atoms with E-state index in [-0.39, 0.29) is 12.5 Å². The van der Waals surface area contributed by atoms with Crippen molar-refractivity contribution in [1.29, 1.82) is 0 Å². The Morgan fingerprint density at radius 2 is 1.60 bits per heavy atom. The summed E-state index contributed by atoms with van der Waals surface area (Å²) in [7, 11) is 3.43. The van der Waals surface area contributed by atoms with Crippen LogP contribution in [-0.4, -0.2) is 71.4 Å². The van der Waals surface area contributed by atoms with Crippen molar-refractivity contribution >= 4 is 34.0 Å². The molecule has 0 spiro atoms. The number of hydrogen-bond acceptors (Lipinski definition) is 5. The average molecular weight is 615 g/mol. The van der Waals surface area contributed by atoms with Gasteiger partial charge in [0.2, 0.25) is 11.9 Å². The lowest BCUT2D eigenvalue weighted by atomic mass is 9.88. The molecule has 1 heterocycles. The molecule has 0 aliphatic heterocycles. The number of nitrogens with one attached hydrogen (secondary N) is 1. The smallest absolute Gasteiger partial charge is 0.410 e. The number of halogens is 1. The molecule has 9 heteroatoms. The second-order valence-electron chi connectivity index (χ2n) is 12.1. The Hall–Kier alpha value is -4.66. The van der Waals surface area contributed by atoms with Crippen LogP contribution in [0.5, 0.6) is 5.75 Å². The van der Waals surface area contributed by atoms with Crippen LogP contribution in [0.15, 0.2) is 72.8 Å². The molecule has 238 valence electrons. The zero-order chi connectivity index (χ0) is 32.6. The van der Waals surface area contributed by atoms with E-state index < -0.39 is 17.6 Å². The minimum absolute atomic E-state index is 0.0113. The van der Waals surface area contributed by atoms with Crippen molar-refractivity contribution in [3.05, 3.63) is 95.4 Å². The number of allylic oxidation sites excluding steroid dienone is 1. The summed E-state index contributed by atoms with van der Waals surface area (Å²) in [6.45, 7) is 8.53. The maximum Gasteiger partial charge on any atom is 0.410 e. The van der Waals surface area contributed by atoms with Gasteiger partial charge in [0.25, 0.3) is 0 Å². The minimum Gasteiger partial charge on any atom is -0.492 e. The standard InChI is InChI=1S/C36H43FN4O4/c1-7-29(25-12-9-8-10-13-25)33(27-17-20-31-30(24-27)34(37)39-38-31)26-15-18-28(19-16-26)44-23-22-41(35(43)45-36(2,3)4)21-11-14-32(42)40(5)6/h8-10,12-13,15-20,24H,7,11,14,21-23H2,1-6H3,(H,38,39)/b33-29+. The molecule has 0 atom stereocenters. The highest BCUT2D eigenvalue weighted by Gasteiger charge is 2.22. The highest BCUT2D eigenvalue weighted by molar-refractivity contribution is 6.00. The summed E-state index contributed by atoms with van der Waals surface area (Å²) in [4.78, 5) is 28.0. The molecule has 0 bridgehead atoms. The molecule has 4 rings (SSSR count). The van der Waals surface area contributed by atoms with Crippen molar-refractivity contribution in [2.45, 2.75) is 52.6 Å². The molecule has 1 aromatic heterocycles. The lowest BCUT2D eigenvalue weighted by Gasteiger charge is -2.27. The Balaban J connectivity index is 1.54. The molecular formula is C36H43FN4O4. The quantitative estimate of drug-likeness (QED) is 0.167. The minimum atomic E-state index is -0.637. The summed E-state index contributed by atoms with van der Waals surface area (Å²) in [5.74, 6) is 0.133. The molecule has 0 aliphatic carbocycles. The monoisotopic (exact) mass is 614 g/mol. The Bertz CT molecular complexity index is 1620. The number of ether oxygens (including phenoxy) is 2. The summed E-state index contributed by atoms with van der Waals surface area (Å²) < 4.78 is 26.1. The van der Waals surface area contributed by atoms with Gasteiger partial charge in [0.15, 0.2) is 0 Å². The number of benzene rings is 3. The van der Waals surface area contributed by atoms with Crippen LogP contribution < -0.4 is 4.74 Å². The fraction of sp³-hybridized carbons (Fsp3) is 0.361. The van der Waals surface area contributed by atoms with Gasteiger partial charge in [0, 0.05) is 27.1 Å². The van der Waals surface area contributed by atoms with Crippen molar-refractivity contribution < 1.29 is 23.5 Å². The van der Waals surface area contributed by atoms with E-state index in [1.807, 2.05) is 81.4 Å². The number of carbonyl (C=O) groups is 2. The molecule has 4 aromatic rings. The van der Waals surface area contributed by atoms with Gasteiger partial charge in [-0.1, -0.05) is 55.5 Å². The third-order valence-corrected chi connectivity index (χ3v) is 7.32. The van der Waals surface area contributed by atoms with Crippen molar-refractivity contribution in [3.8, 4) is 5.75 Å². The van der Waals surface area contributed by atoms with Crippen LogP contribution in [0.2, 0.25) is 0 Å². The number of hydrogen-bond donors (Lipinski definition) is 1. The molecule has 2 amide bonds. The number of rotatable bonds is 12. The number of H-pyrrole nitrogens is 1. The highest BCUT2D eigenvalue weighted by Crippen LogP contribution is 2.36.